The van der Waals surface area contributed by atoms with E-state index in [4.69, 9.17) is 21.3 Å². The van der Waals surface area contributed by atoms with Crippen molar-refractivity contribution in [1.29, 1.82) is 0 Å². The first-order valence-electron chi connectivity index (χ1n) is 7.31. The lowest BCUT2D eigenvalue weighted by molar-refractivity contribution is 0.415. The van der Waals surface area contributed by atoms with Crippen LogP contribution in [0.25, 0.3) is 0 Å². The third-order valence-electron chi connectivity index (χ3n) is 3.49. The van der Waals surface area contributed by atoms with Gasteiger partial charge in [0.1, 0.15) is 5.75 Å². The Morgan fingerprint density at radius 1 is 0.826 bits per heavy atom. The number of halogens is 1. The minimum absolute atomic E-state index is 0.684. The van der Waals surface area contributed by atoms with E-state index in [1.807, 2.05) is 78.9 Å². The molecule has 0 bridgehead atoms. The molecule has 0 saturated heterocycles. The molecule has 0 spiro atoms. The van der Waals surface area contributed by atoms with E-state index in [0.717, 1.165) is 28.3 Å². The Kier molecular flexibility index (Phi) is 4.74. The van der Waals surface area contributed by atoms with Gasteiger partial charge in [-0.1, -0.05) is 60.1 Å². The SMILES string of the molecule is COc1ccc(N=C(c2ccccc2)c2ccccc2Cl)cc1. The maximum Gasteiger partial charge on any atom is 0.119 e. The van der Waals surface area contributed by atoms with Crippen LogP contribution in [0.5, 0.6) is 5.75 Å². The third-order valence-corrected chi connectivity index (χ3v) is 3.82. The highest BCUT2D eigenvalue weighted by atomic mass is 35.5. The Morgan fingerprint density at radius 2 is 1.48 bits per heavy atom. The summed E-state index contributed by atoms with van der Waals surface area (Å²) in [5.74, 6) is 0.808. The van der Waals surface area contributed by atoms with E-state index in [9.17, 15) is 0 Å². The molecule has 0 unspecified atom stereocenters. The van der Waals surface area contributed by atoms with Crippen LogP contribution in [0.1, 0.15) is 11.1 Å². The second kappa shape index (κ2) is 7.12. The van der Waals surface area contributed by atoms with Gasteiger partial charge in [-0.05, 0) is 30.3 Å². The van der Waals surface area contributed by atoms with E-state index < -0.39 is 0 Å². The normalized spacial score (nSPS) is 11.3. The van der Waals surface area contributed by atoms with Crippen molar-refractivity contribution >= 4 is 23.0 Å². The summed E-state index contributed by atoms with van der Waals surface area (Å²) in [6, 6.07) is 25.4. The molecule has 3 aromatic rings. The van der Waals surface area contributed by atoms with Crippen LogP contribution in [0, 0.1) is 0 Å². The van der Waals surface area contributed by atoms with Gasteiger partial charge < -0.3 is 4.74 Å². The van der Waals surface area contributed by atoms with Gasteiger partial charge >= 0.3 is 0 Å². The Labute approximate surface area is 141 Å². The summed E-state index contributed by atoms with van der Waals surface area (Å²) < 4.78 is 5.19. The fraction of sp³-hybridized carbons (Fsp3) is 0.0500. The van der Waals surface area contributed by atoms with Crippen molar-refractivity contribution in [3.63, 3.8) is 0 Å². The van der Waals surface area contributed by atoms with Crippen molar-refractivity contribution in [3.05, 3.63) is 95.0 Å². The standard InChI is InChI=1S/C20H16ClNO/c1-23-17-13-11-16(12-14-17)22-20(15-7-3-2-4-8-15)18-9-5-6-10-19(18)21/h2-14H,1H3. The van der Waals surface area contributed by atoms with Crippen LogP contribution in [-0.4, -0.2) is 12.8 Å². The quantitative estimate of drug-likeness (QED) is 0.580. The van der Waals surface area contributed by atoms with Crippen molar-refractivity contribution in [2.45, 2.75) is 0 Å². The molecular weight excluding hydrogens is 306 g/mol. The van der Waals surface area contributed by atoms with Crippen LogP contribution >= 0.6 is 11.6 Å². The average Bonchev–Trinajstić information content (AvgIpc) is 2.62. The fourth-order valence-corrected chi connectivity index (χ4v) is 2.54. The number of rotatable bonds is 4. The van der Waals surface area contributed by atoms with Crippen molar-refractivity contribution in [1.82, 2.24) is 0 Å². The second-order valence-corrected chi connectivity index (χ2v) is 5.41. The number of ether oxygens (including phenoxy) is 1. The molecule has 3 heteroatoms. The lowest BCUT2D eigenvalue weighted by Gasteiger charge is -2.09. The van der Waals surface area contributed by atoms with Crippen molar-refractivity contribution in [3.8, 4) is 5.75 Å². The highest BCUT2D eigenvalue weighted by molar-refractivity contribution is 6.35. The topological polar surface area (TPSA) is 21.6 Å². The molecule has 0 aliphatic heterocycles. The van der Waals surface area contributed by atoms with E-state index in [0.29, 0.717) is 5.02 Å². The largest absolute Gasteiger partial charge is 0.497 e. The molecule has 3 aromatic carbocycles. The summed E-state index contributed by atoms with van der Waals surface area (Å²) in [6.45, 7) is 0. The van der Waals surface area contributed by atoms with Crippen molar-refractivity contribution in [2.75, 3.05) is 7.11 Å². The summed E-state index contributed by atoms with van der Waals surface area (Å²) in [4.78, 5) is 4.81. The predicted octanol–water partition coefficient (Wildman–Crippen LogP) is 5.52. The third kappa shape index (κ3) is 3.61. The minimum Gasteiger partial charge on any atom is -0.497 e. The lowest BCUT2D eigenvalue weighted by atomic mass is 10.0. The van der Waals surface area contributed by atoms with Crippen molar-refractivity contribution < 1.29 is 4.74 Å². The Morgan fingerprint density at radius 3 is 2.13 bits per heavy atom. The average molecular weight is 322 g/mol. The summed E-state index contributed by atoms with van der Waals surface area (Å²) in [6.07, 6.45) is 0. The van der Waals surface area contributed by atoms with Gasteiger partial charge in [0, 0.05) is 16.1 Å². The van der Waals surface area contributed by atoms with Crippen LogP contribution in [0.3, 0.4) is 0 Å². The number of nitrogens with zero attached hydrogens (tertiary/aromatic N) is 1. The van der Waals surface area contributed by atoms with Gasteiger partial charge in [-0.15, -0.1) is 0 Å². The molecular formula is C20H16ClNO. The van der Waals surface area contributed by atoms with Crippen molar-refractivity contribution in [2.24, 2.45) is 4.99 Å². The zero-order chi connectivity index (χ0) is 16.1. The molecule has 0 fully saturated rings. The molecule has 2 nitrogen and oxygen atoms in total. The lowest BCUT2D eigenvalue weighted by Crippen LogP contribution is -2.03. The molecule has 0 atom stereocenters. The molecule has 114 valence electrons. The zero-order valence-corrected chi connectivity index (χ0v) is 13.5. The van der Waals surface area contributed by atoms with Gasteiger partial charge in [-0.3, -0.25) is 0 Å². The van der Waals surface area contributed by atoms with E-state index in [2.05, 4.69) is 0 Å². The second-order valence-electron chi connectivity index (χ2n) is 5.00. The Hall–Kier alpha value is -2.58. The van der Waals surface area contributed by atoms with Gasteiger partial charge in [-0.2, -0.15) is 0 Å². The summed E-state index contributed by atoms with van der Waals surface area (Å²) in [5.41, 5.74) is 3.64. The maximum absolute atomic E-state index is 6.38. The number of hydrogen-bond donors (Lipinski definition) is 0. The van der Waals surface area contributed by atoms with E-state index in [1.165, 1.54) is 0 Å². The Balaban J connectivity index is 2.11. The van der Waals surface area contributed by atoms with Gasteiger partial charge in [0.15, 0.2) is 0 Å². The number of hydrogen-bond acceptors (Lipinski definition) is 2. The molecule has 23 heavy (non-hydrogen) atoms. The van der Waals surface area contributed by atoms with Gasteiger partial charge in [0.25, 0.3) is 0 Å². The highest BCUT2D eigenvalue weighted by Crippen LogP contribution is 2.24. The Bertz CT molecular complexity index is 811. The first-order valence-corrected chi connectivity index (χ1v) is 7.69. The molecule has 0 aliphatic carbocycles. The molecule has 0 radical (unpaired) electrons. The maximum atomic E-state index is 6.38. The minimum atomic E-state index is 0.684. The van der Waals surface area contributed by atoms with Crippen LogP contribution in [0.2, 0.25) is 5.02 Å². The van der Waals surface area contributed by atoms with Gasteiger partial charge in [0.2, 0.25) is 0 Å². The first-order chi connectivity index (χ1) is 11.3. The van der Waals surface area contributed by atoms with Crippen LogP contribution in [-0.2, 0) is 0 Å². The molecule has 0 aromatic heterocycles. The molecule has 0 amide bonds. The zero-order valence-electron chi connectivity index (χ0n) is 12.7. The van der Waals surface area contributed by atoms with E-state index >= 15 is 0 Å². The van der Waals surface area contributed by atoms with Gasteiger partial charge in [0.05, 0.1) is 18.5 Å². The number of benzene rings is 3. The first kappa shape index (κ1) is 15.3. The van der Waals surface area contributed by atoms with E-state index in [1.54, 1.807) is 7.11 Å². The predicted molar refractivity (Wildman–Crippen MR) is 96.2 cm³/mol. The number of aliphatic imine (C=N–C) groups is 1. The monoisotopic (exact) mass is 321 g/mol. The molecule has 0 aliphatic rings. The molecule has 0 heterocycles. The summed E-state index contributed by atoms with van der Waals surface area (Å²) in [5, 5.41) is 0.684. The highest BCUT2D eigenvalue weighted by Gasteiger charge is 2.10. The smallest absolute Gasteiger partial charge is 0.119 e. The number of methoxy groups -OCH3 is 1. The molecule has 0 N–H and O–H groups in total. The van der Waals surface area contributed by atoms with Crippen LogP contribution in [0.15, 0.2) is 83.9 Å². The van der Waals surface area contributed by atoms with E-state index in [-0.39, 0.29) is 0 Å². The van der Waals surface area contributed by atoms with Crippen LogP contribution in [0.4, 0.5) is 5.69 Å². The molecule has 0 saturated carbocycles. The van der Waals surface area contributed by atoms with Gasteiger partial charge in [-0.25, -0.2) is 4.99 Å². The van der Waals surface area contributed by atoms with Crippen LogP contribution < -0.4 is 4.74 Å². The summed E-state index contributed by atoms with van der Waals surface area (Å²) >= 11 is 6.38. The molecule has 3 rings (SSSR count). The fourth-order valence-electron chi connectivity index (χ4n) is 2.32. The summed E-state index contributed by atoms with van der Waals surface area (Å²) in [7, 11) is 1.65.